The molecule has 0 amide bonds. The summed E-state index contributed by atoms with van der Waals surface area (Å²) in [6.45, 7) is 7.31. The third-order valence-electron chi connectivity index (χ3n) is 4.36. The number of benzene rings is 1. The van der Waals surface area contributed by atoms with Gasteiger partial charge < -0.3 is 10.4 Å². The first-order valence-corrected chi connectivity index (χ1v) is 7.43. The molecule has 4 nitrogen and oxygen atoms in total. The SMILES string of the molecule is CCc1ccc(C(CC)(C(=O)O)N2CCNCC2)cc1. The molecule has 0 saturated carbocycles. The van der Waals surface area contributed by atoms with Crippen LogP contribution < -0.4 is 5.32 Å². The number of rotatable bonds is 5. The molecule has 0 bridgehead atoms. The van der Waals surface area contributed by atoms with E-state index in [-0.39, 0.29) is 0 Å². The summed E-state index contributed by atoms with van der Waals surface area (Å²) in [5, 5.41) is 13.2. The summed E-state index contributed by atoms with van der Waals surface area (Å²) in [5.41, 5.74) is 1.24. The molecular formula is C16H24N2O2. The predicted molar refractivity (Wildman–Crippen MR) is 79.9 cm³/mol. The minimum Gasteiger partial charge on any atom is -0.480 e. The monoisotopic (exact) mass is 276 g/mol. The van der Waals surface area contributed by atoms with E-state index < -0.39 is 11.5 Å². The quantitative estimate of drug-likeness (QED) is 0.861. The summed E-state index contributed by atoms with van der Waals surface area (Å²) in [6.07, 6.45) is 1.55. The molecule has 2 rings (SSSR count). The van der Waals surface area contributed by atoms with Gasteiger partial charge in [-0.3, -0.25) is 4.90 Å². The predicted octanol–water partition coefficient (Wildman–Crippen LogP) is 1.84. The van der Waals surface area contributed by atoms with Crippen LogP contribution >= 0.6 is 0 Å². The largest absolute Gasteiger partial charge is 0.480 e. The molecular weight excluding hydrogens is 252 g/mol. The summed E-state index contributed by atoms with van der Waals surface area (Å²) in [5.74, 6) is -0.744. The molecule has 1 aliphatic heterocycles. The number of aryl methyl sites for hydroxylation is 1. The van der Waals surface area contributed by atoms with Crippen LogP contribution in [0.5, 0.6) is 0 Å². The summed E-state index contributed by atoms with van der Waals surface area (Å²) < 4.78 is 0. The van der Waals surface area contributed by atoms with Crippen molar-refractivity contribution in [2.45, 2.75) is 32.2 Å². The Hall–Kier alpha value is -1.39. The summed E-state index contributed by atoms with van der Waals surface area (Å²) in [6, 6.07) is 8.06. The molecule has 1 saturated heterocycles. The molecule has 1 fully saturated rings. The van der Waals surface area contributed by atoms with E-state index in [0.717, 1.165) is 38.2 Å². The van der Waals surface area contributed by atoms with Gasteiger partial charge in [0.1, 0.15) is 5.54 Å². The summed E-state index contributed by atoms with van der Waals surface area (Å²) >= 11 is 0. The maximum Gasteiger partial charge on any atom is 0.328 e. The van der Waals surface area contributed by atoms with Gasteiger partial charge in [0.05, 0.1) is 0 Å². The number of aliphatic carboxylic acids is 1. The molecule has 20 heavy (non-hydrogen) atoms. The fraction of sp³-hybridized carbons (Fsp3) is 0.562. The Kier molecular flexibility index (Phi) is 4.78. The van der Waals surface area contributed by atoms with E-state index >= 15 is 0 Å². The molecule has 110 valence electrons. The van der Waals surface area contributed by atoms with Gasteiger partial charge >= 0.3 is 5.97 Å². The number of hydrogen-bond donors (Lipinski definition) is 2. The van der Waals surface area contributed by atoms with Crippen LogP contribution in [0.1, 0.15) is 31.4 Å². The first-order valence-electron chi connectivity index (χ1n) is 7.43. The van der Waals surface area contributed by atoms with Crippen molar-refractivity contribution >= 4 is 5.97 Å². The van der Waals surface area contributed by atoms with Crippen molar-refractivity contribution in [1.82, 2.24) is 10.2 Å². The zero-order valence-corrected chi connectivity index (χ0v) is 12.4. The minimum absolute atomic E-state index is 0.577. The Balaban J connectivity index is 2.41. The lowest BCUT2D eigenvalue weighted by molar-refractivity contribution is -0.153. The van der Waals surface area contributed by atoms with E-state index in [1.54, 1.807) is 0 Å². The van der Waals surface area contributed by atoms with Gasteiger partial charge in [0, 0.05) is 26.2 Å². The van der Waals surface area contributed by atoms with E-state index in [9.17, 15) is 9.90 Å². The number of nitrogens with zero attached hydrogens (tertiary/aromatic N) is 1. The molecule has 0 aromatic heterocycles. The van der Waals surface area contributed by atoms with Crippen molar-refractivity contribution in [3.63, 3.8) is 0 Å². The number of carbonyl (C=O) groups is 1. The highest BCUT2D eigenvalue weighted by Gasteiger charge is 2.44. The third kappa shape index (κ3) is 2.58. The Bertz CT molecular complexity index is 452. The lowest BCUT2D eigenvalue weighted by Crippen LogP contribution is -2.58. The zero-order valence-electron chi connectivity index (χ0n) is 12.4. The van der Waals surface area contributed by atoms with Crippen LogP contribution in [0, 0.1) is 0 Å². The van der Waals surface area contributed by atoms with Gasteiger partial charge in [0.2, 0.25) is 0 Å². The molecule has 1 atom stereocenters. The van der Waals surface area contributed by atoms with Crippen LogP contribution in [0.25, 0.3) is 0 Å². The molecule has 1 heterocycles. The van der Waals surface area contributed by atoms with Crippen LogP contribution in [0.15, 0.2) is 24.3 Å². The van der Waals surface area contributed by atoms with E-state index in [4.69, 9.17) is 0 Å². The van der Waals surface area contributed by atoms with Crippen LogP contribution in [0.2, 0.25) is 0 Å². The van der Waals surface area contributed by atoms with Gasteiger partial charge in [-0.2, -0.15) is 0 Å². The van der Waals surface area contributed by atoms with Crippen molar-refractivity contribution in [2.24, 2.45) is 0 Å². The Morgan fingerprint density at radius 1 is 1.25 bits per heavy atom. The number of carboxylic acid groups (broad SMARTS) is 1. The van der Waals surface area contributed by atoms with E-state index in [2.05, 4.69) is 17.1 Å². The van der Waals surface area contributed by atoms with Crippen LogP contribution in [0.4, 0.5) is 0 Å². The smallest absolute Gasteiger partial charge is 0.328 e. The Morgan fingerprint density at radius 3 is 2.30 bits per heavy atom. The Morgan fingerprint density at radius 2 is 1.85 bits per heavy atom. The summed E-state index contributed by atoms with van der Waals surface area (Å²) in [7, 11) is 0. The average Bonchev–Trinajstić information content (AvgIpc) is 2.50. The first-order chi connectivity index (χ1) is 9.65. The lowest BCUT2D eigenvalue weighted by atomic mass is 9.84. The van der Waals surface area contributed by atoms with Crippen LogP contribution in [-0.4, -0.2) is 42.2 Å². The maximum atomic E-state index is 12.0. The van der Waals surface area contributed by atoms with Crippen molar-refractivity contribution in [2.75, 3.05) is 26.2 Å². The van der Waals surface area contributed by atoms with E-state index in [1.807, 2.05) is 31.2 Å². The van der Waals surface area contributed by atoms with Gasteiger partial charge in [-0.1, -0.05) is 38.1 Å². The van der Waals surface area contributed by atoms with Crippen molar-refractivity contribution in [3.8, 4) is 0 Å². The fourth-order valence-electron chi connectivity index (χ4n) is 3.08. The topological polar surface area (TPSA) is 52.6 Å². The Labute approximate surface area is 120 Å². The van der Waals surface area contributed by atoms with Crippen LogP contribution in [0.3, 0.4) is 0 Å². The molecule has 1 aromatic carbocycles. The van der Waals surface area contributed by atoms with Crippen molar-refractivity contribution < 1.29 is 9.90 Å². The highest BCUT2D eigenvalue weighted by Crippen LogP contribution is 2.33. The van der Waals surface area contributed by atoms with Gasteiger partial charge in [-0.05, 0) is 24.0 Å². The molecule has 0 radical (unpaired) electrons. The maximum absolute atomic E-state index is 12.0. The second-order valence-electron chi connectivity index (χ2n) is 5.31. The highest BCUT2D eigenvalue weighted by atomic mass is 16.4. The number of piperazine rings is 1. The normalized spacial score (nSPS) is 19.5. The molecule has 0 spiro atoms. The second-order valence-corrected chi connectivity index (χ2v) is 5.31. The van der Waals surface area contributed by atoms with Crippen LogP contribution in [-0.2, 0) is 16.8 Å². The average molecular weight is 276 g/mol. The zero-order chi connectivity index (χ0) is 14.6. The standard InChI is InChI=1S/C16H24N2O2/c1-3-13-5-7-14(8-6-13)16(4-2,15(19)20)18-11-9-17-10-12-18/h5-8,17H,3-4,9-12H2,1-2H3,(H,19,20). The molecule has 2 N–H and O–H groups in total. The fourth-order valence-corrected chi connectivity index (χ4v) is 3.08. The number of nitrogens with one attached hydrogen (secondary N) is 1. The molecule has 1 unspecified atom stereocenters. The number of carboxylic acids is 1. The van der Waals surface area contributed by atoms with Gasteiger partial charge in [-0.25, -0.2) is 4.79 Å². The number of hydrogen-bond acceptors (Lipinski definition) is 3. The van der Waals surface area contributed by atoms with Gasteiger partial charge in [-0.15, -0.1) is 0 Å². The highest BCUT2D eigenvalue weighted by molar-refractivity contribution is 5.80. The minimum atomic E-state index is -0.894. The molecule has 0 aliphatic carbocycles. The third-order valence-corrected chi connectivity index (χ3v) is 4.36. The molecule has 4 heteroatoms. The summed E-state index contributed by atoms with van der Waals surface area (Å²) in [4.78, 5) is 14.1. The van der Waals surface area contributed by atoms with Crippen molar-refractivity contribution in [3.05, 3.63) is 35.4 Å². The van der Waals surface area contributed by atoms with E-state index in [0.29, 0.717) is 6.42 Å². The van der Waals surface area contributed by atoms with Gasteiger partial charge in [0.25, 0.3) is 0 Å². The van der Waals surface area contributed by atoms with Crippen molar-refractivity contribution in [1.29, 1.82) is 0 Å². The molecule has 1 aromatic rings. The lowest BCUT2D eigenvalue weighted by Gasteiger charge is -2.42. The van der Waals surface area contributed by atoms with E-state index in [1.165, 1.54) is 5.56 Å². The molecule has 1 aliphatic rings. The second kappa shape index (κ2) is 6.37. The van der Waals surface area contributed by atoms with Gasteiger partial charge in [0.15, 0.2) is 0 Å². The first kappa shape index (κ1) is 15.0.